The van der Waals surface area contributed by atoms with Crippen molar-refractivity contribution in [2.24, 2.45) is 0 Å². The third kappa shape index (κ3) is 7.89. The number of esters is 1. The number of hydrogen-bond donors (Lipinski definition) is 1. The zero-order valence-corrected chi connectivity index (χ0v) is 25.2. The summed E-state index contributed by atoms with van der Waals surface area (Å²) < 4.78 is 10.5. The molecule has 2 aliphatic heterocycles. The van der Waals surface area contributed by atoms with E-state index in [-0.39, 0.29) is 17.9 Å². The first-order valence-electron chi connectivity index (χ1n) is 14.1. The van der Waals surface area contributed by atoms with Crippen LogP contribution in [0.2, 0.25) is 0 Å². The van der Waals surface area contributed by atoms with E-state index in [2.05, 4.69) is 16.4 Å². The molecule has 4 heterocycles. The number of pyridine rings is 2. The number of carbonyl (C=O) groups is 3. The Labute approximate surface area is 250 Å². The summed E-state index contributed by atoms with van der Waals surface area (Å²) in [7, 11) is 3.47. The molecule has 0 unspecified atom stereocenters. The van der Waals surface area contributed by atoms with Gasteiger partial charge in [0, 0.05) is 31.4 Å². The van der Waals surface area contributed by atoms with E-state index < -0.39 is 0 Å². The van der Waals surface area contributed by atoms with E-state index in [4.69, 9.17) is 14.5 Å². The Kier molecular flexibility index (Phi) is 11.0. The van der Waals surface area contributed by atoms with Crippen LogP contribution in [0.25, 0.3) is 0 Å². The molecule has 2 aromatic rings. The van der Waals surface area contributed by atoms with Crippen molar-refractivity contribution in [2.45, 2.75) is 39.2 Å². The summed E-state index contributed by atoms with van der Waals surface area (Å²) in [5.41, 5.74) is 2.96. The lowest BCUT2D eigenvalue weighted by atomic mass is 10.0. The zero-order chi connectivity index (χ0) is 30.1. The van der Waals surface area contributed by atoms with E-state index in [0.29, 0.717) is 68.0 Å². The van der Waals surface area contributed by atoms with E-state index in [0.717, 1.165) is 48.3 Å². The molecule has 0 atom stereocenters. The van der Waals surface area contributed by atoms with Crippen molar-refractivity contribution >= 4 is 41.3 Å². The van der Waals surface area contributed by atoms with Gasteiger partial charge in [0.1, 0.15) is 17.7 Å². The second-order valence-electron chi connectivity index (χ2n) is 10.2. The number of hydrogen-bond acceptors (Lipinski definition) is 10. The summed E-state index contributed by atoms with van der Waals surface area (Å²) in [6.45, 7) is 4.85. The first-order chi connectivity index (χ1) is 20.3. The SMILES string of the molecule is CCOC(=O)CSCCCc1cc(NC(=O)N2CCCc3cc(CN4CCN(C)CC4=O)c(OC)nc32)ncc1C#N. The number of aromatic nitrogens is 2. The molecule has 1 N–H and O–H groups in total. The van der Waals surface area contributed by atoms with Crippen molar-refractivity contribution in [2.75, 3.05) is 68.7 Å². The fraction of sp³-hybridized carbons (Fsp3) is 0.517. The van der Waals surface area contributed by atoms with Crippen LogP contribution in [0.4, 0.5) is 16.4 Å². The van der Waals surface area contributed by atoms with E-state index in [1.807, 2.05) is 22.9 Å². The van der Waals surface area contributed by atoms with Gasteiger partial charge in [0.2, 0.25) is 11.8 Å². The molecule has 224 valence electrons. The molecule has 0 aromatic carbocycles. The molecular formula is C29H37N7O5S. The number of amides is 3. The molecule has 1 saturated heterocycles. The van der Waals surface area contributed by atoms with Gasteiger partial charge in [0.25, 0.3) is 0 Å². The normalized spacial score (nSPS) is 15.1. The van der Waals surface area contributed by atoms with Gasteiger partial charge in [0.15, 0.2) is 0 Å². The summed E-state index contributed by atoms with van der Waals surface area (Å²) in [5, 5.41) is 12.4. The van der Waals surface area contributed by atoms with Crippen LogP contribution in [0.5, 0.6) is 5.88 Å². The maximum atomic E-state index is 13.4. The number of aryl methyl sites for hydroxylation is 2. The van der Waals surface area contributed by atoms with Gasteiger partial charge in [-0.15, -0.1) is 0 Å². The maximum Gasteiger partial charge on any atom is 0.328 e. The molecule has 0 bridgehead atoms. The second kappa shape index (κ2) is 14.8. The van der Waals surface area contributed by atoms with Crippen LogP contribution in [-0.4, -0.2) is 96.1 Å². The highest BCUT2D eigenvalue weighted by molar-refractivity contribution is 7.99. The van der Waals surface area contributed by atoms with E-state index in [1.54, 1.807) is 17.9 Å². The van der Waals surface area contributed by atoms with Crippen LogP contribution in [0.15, 0.2) is 18.3 Å². The summed E-state index contributed by atoms with van der Waals surface area (Å²) in [4.78, 5) is 51.8. The molecule has 1 fully saturated rings. The minimum atomic E-state index is -0.374. The molecule has 2 aromatic heterocycles. The maximum absolute atomic E-state index is 13.4. The van der Waals surface area contributed by atoms with Crippen LogP contribution in [-0.2, 0) is 33.7 Å². The van der Waals surface area contributed by atoms with Gasteiger partial charge in [-0.1, -0.05) is 0 Å². The molecule has 3 amide bonds. The fourth-order valence-electron chi connectivity index (χ4n) is 4.99. The molecule has 0 saturated carbocycles. The van der Waals surface area contributed by atoms with Gasteiger partial charge >= 0.3 is 12.0 Å². The molecular weight excluding hydrogens is 558 g/mol. The minimum absolute atomic E-state index is 0.0641. The van der Waals surface area contributed by atoms with Crippen molar-refractivity contribution < 1.29 is 23.9 Å². The average Bonchev–Trinajstić information content (AvgIpc) is 2.98. The van der Waals surface area contributed by atoms with Crippen LogP contribution in [0.1, 0.15) is 42.0 Å². The Morgan fingerprint density at radius 1 is 1.21 bits per heavy atom. The molecule has 4 rings (SSSR count). The van der Waals surface area contributed by atoms with Crippen molar-refractivity contribution in [1.29, 1.82) is 5.26 Å². The Morgan fingerprint density at radius 3 is 2.79 bits per heavy atom. The lowest BCUT2D eigenvalue weighted by Gasteiger charge is -2.33. The number of rotatable bonds is 11. The number of piperazine rings is 1. The van der Waals surface area contributed by atoms with E-state index in [1.165, 1.54) is 25.1 Å². The fourth-order valence-corrected chi connectivity index (χ4v) is 5.73. The third-order valence-corrected chi connectivity index (χ3v) is 8.13. The molecule has 2 aliphatic rings. The van der Waals surface area contributed by atoms with Gasteiger partial charge in [-0.25, -0.2) is 9.78 Å². The highest BCUT2D eigenvalue weighted by Gasteiger charge is 2.28. The zero-order valence-electron chi connectivity index (χ0n) is 24.4. The van der Waals surface area contributed by atoms with Gasteiger partial charge in [0.05, 0.1) is 38.1 Å². The quantitative estimate of drug-likeness (QED) is 0.305. The number of carbonyl (C=O) groups excluding carboxylic acids is 3. The standard InChI is InChI=1S/C29H37N7O5S/c1-4-41-26(38)19-42-12-6-8-20-14-24(31-16-23(20)15-30)32-29(39)36-9-5-7-21-13-22(28(40-3)33-27(21)36)17-35-11-10-34(2)18-25(35)37/h13-14,16H,4-12,17-19H2,1-3H3,(H,31,32,39). The van der Waals surface area contributed by atoms with Crippen LogP contribution >= 0.6 is 11.8 Å². The van der Waals surface area contributed by atoms with Crippen LogP contribution < -0.4 is 15.0 Å². The Bertz CT molecular complexity index is 1350. The minimum Gasteiger partial charge on any atom is -0.481 e. The number of nitrogens with one attached hydrogen (secondary N) is 1. The average molecular weight is 596 g/mol. The molecule has 0 spiro atoms. The molecule has 42 heavy (non-hydrogen) atoms. The number of anilines is 2. The highest BCUT2D eigenvalue weighted by atomic mass is 32.2. The molecule has 0 radical (unpaired) electrons. The predicted octanol–water partition coefficient (Wildman–Crippen LogP) is 2.84. The number of likely N-dealkylation sites (N-methyl/N-ethyl adjacent to an activating group) is 1. The number of nitrogens with zero attached hydrogens (tertiary/aromatic N) is 6. The Morgan fingerprint density at radius 2 is 2.05 bits per heavy atom. The lowest BCUT2D eigenvalue weighted by molar-refractivity contribution is -0.140. The Hall–Kier alpha value is -3.89. The second-order valence-corrected chi connectivity index (χ2v) is 11.3. The lowest BCUT2D eigenvalue weighted by Crippen LogP contribution is -2.48. The van der Waals surface area contributed by atoms with Crippen molar-refractivity contribution in [3.05, 3.63) is 40.6 Å². The summed E-state index contributed by atoms with van der Waals surface area (Å²) in [6.07, 6.45) is 4.34. The van der Waals surface area contributed by atoms with Gasteiger partial charge in [-0.3, -0.25) is 24.7 Å². The Balaban J connectivity index is 1.43. The molecule has 13 heteroatoms. The summed E-state index contributed by atoms with van der Waals surface area (Å²) >= 11 is 1.49. The predicted molar refractivity (Wildman–Crippen MR) is 160 cm³/mol. The number of ether oxygens (including phenoxy) is 2. The highest BCUT2D eigenvalue weighted by Crippen LogP contribution is 2.32. The van der Waals surface area contributed by atoms with Crippen LogP contribution in [0.3, 0.4) is 0 Å². The largest absolute Gasteiger partial charge is 0.481 e. The van der Waals surface area contributed by atoms with E-state index in [9.17, 15) is 19.6 Å². The number of methoxy groups -OCH3 is 1. The van der Waals surface area contributed by atoms with Crippen molar-refractivity contribution in [3.63, 3.8) is 0 Å². The van der Waals surface area contributed by atoms with Gasteiger partial charge in [-0.2, -0.15) is 22.0 Å². The van der Waals surface area contributed by atoms with E-state index >= 15 is 0 Å². The monoisotopic (exact) mass is 595 g/mol. The summed E-state index contributed by atoms with van der Waals surface area (Å²) in [6, 6.07) is 5.50. The molecule has 0 aliphatic carbocycles. The topological polar surface area (TPSA) is 141 Å². The van der Waals surface area contributed by atoms with Gasteiger partial charge < -0.3 is 14.4 Å². The third-order valence-electron chi connectivity index (χ3n) is 7.12. The number of fused-ring (bicyclic) bond motifs is 1. The number of thioether (sulfide) groups is 1. The van der Waals surface area contributed by atoms with Crippen molar-refractivity contribution in [3.8, 4) is 11.9 Å². The molecule has 12 nitrogen and oxygen atoms in total. The first-order valence-corrected chi connectivity index (χ1v) is 15.2. The van der Waals surface area contributed by atoms with Gasteiger partial charge in [-0.05, 0) is 68.7 Å². The number of nitriles is 1. The number of urea groups is 1. The first kappa shape index (κ1) is 31.1. The smallest absolute Gasteiger partial charge is 0.328 e. The summed E-state index contributed by atoms with van der Waals surface area (Å²) in [5.74, 6) is 2.11. The van der Waals surface area contributed by atoms with Crippen molar-refractivity contribution in [1.82, 2.24) is 19.8 Å². The van der Waals surface area contributed by atoms with Crippen LogP contribution in [0, 0.1) is 11.3 Å².